The zero-order valence-corrected chi connectivity index (χ0v) is 14.7. The summed E-state index contributed by atoms with van der Waals surface area (Å²) in [6.45, 7) is 15.8. The molecule has 1 rings (SSSR count). The van der Waals surface area contributed by atoms with Gasteiger partial charge in [-0.15, -0.1) is 0 Å². The summed E-state index contributed by atoms with van der Waals surface area (Å²) < 4.78 is 11.9. The van der Waals surface area contributed by atoms with E-state index in [1.165, 1.54) is 0 Å². The van der Waals surface area contributed by atoms with Crippen molar-refractivity contribution in [1.29, 1.82) is 0 Å². The highest BCUT2D eigenvalue weighted by atomic mass is 28.4. The average Bonchev–Trinajstić information content (AvgIpc) is 2.12. The van der Waals surface area contributed by atoms with Crippen LogP contribution in [0.15, 0.2) is 9.98 Å². The van der Waals surface area contributed by atoms with Crippen molar-refractivity contribution in [3.05, 3.63) is 0 Å². The van der Waals surface area contributed by atoms with E-state index in [2.05, 4.69) is 56.2 Å². The van der Waals surface area contributed by atoms with E-state index >= 15 is 0 Å². The molecule has 0 aliphatic carbocycles. The summed E-state index contributed by atoms with van der Waals surface area (Å²) in [5.41, 5.74) is 0. The minimum atomic E-state index is -1.65. The van der Waals surface area contributed by atoms with Crippen molar-refractivity contribution in [2.24, 2.45) is 15.9 Å². The van der Waals surface area contributed by atoms with Gasteiger partial charge in [-0.1, -0.05) is 6.92 Å². The van der Waals surface area contributed by atoms with Crippen LogP contribution in [0.4, 0.5) is 0 Å². The van der Waals surface area contributed by atoms with Crippen molar-refractivity contribution in [1.82, 2.24) is 0 Å². The maximum absolute atomic E-state index is 6.07. The van der Waals surface area contributed by atoms with E-state index in [1.807, 2.05) is 0 Å². The zero-order valence-electron chi connectivity index (χ0n) is 12.7. The fourth-order valence-electron chi connectivity index (χ4n) is 1.54. The van der Waals surface area contributed by atoms with Gasteiger partial charge >= 0.3 is 6.02 Å². The summed E-state index contributed by atoms with van der Waals surface area (Å²) in [6, 6.07) is 0.520. The van der Waals surface area contributed by atoms with Gasteiger partial charge in [-0.25, -0.2) is 4.99 Å². The zero-order chi connectivity index (χ0) is 14.0. The molecule has 0 aromatic rings. The van der Waals surface area contributed by atoms with E-state index in [1.54, 1.807) is 0 Å². The number of hydrogen-bond acceptors (Lipinski definition) is 4. The lowest BCUT2D eigenvalue weighted by Gasteiger charge is -2.28. The molecule has 0 bridgehead atoms. The monoisotopic (exact) mass is 286 g/mol. The lowest BCUT2D eigenvalue weighted by atomic mass is 10.1. The van der Waals surface area contributed by atoms with Gasteiger partial charge in [0.1, 0.15) is 0 Å². The number of aliphatic imine (C=N–C) groups is 2. The minimum absolute atomic E-state index is 0.311. The standard InChI is InChI=1S/C12H26N2O2Si2/c1-8-10-9-13-12(16-18(5,6)7)14-11(10)15-17(2,3)4/h10H,8-9H2,1-7H3. The Labute approximate surface area is 113 Å². The van der Waals surface area contributed by atoms with Crippen LogP contribution < -0.4 is 0 Å². The first-order valence-corrected chi connectivity index (χ1v) is 13.4. The third-order valence-electron chi connectivity index (χ3n) is 2.30. The van der Waals surface area contributed by atoms with Crippen molar-refractivity contribution in [3.8, 4) is 0 Å². The molecule has 1 unspecified atom stereocenters. The summed E-state index contributed by atoms with van der Waals surface area (Å²) in [7, 11) is -3.27. The second-order valence-corrected chi connectivity index (χ2v) is 15.5. The van der Waals surface area contributed by atoms with E-state index in [4.69, 9.17) is 8.85 Å². The van der Waals surface area contributed by atoms with Gasteiger partial charge in [-0.2, -0.15) is 4.99 Å². The molecule has 6 heteroatoms. The van der Waals surface area contributed by atoms with Crippen molar-refractivity contribution in [2.45, 2.75) is 52.6 Å². The molecule has 1 atom stereocenters. The van der Waals surface area contributed by atoms with Crippen LogP contribution in [-0.2, 0) is 8.85 Å². The van der Waals surface area contributed by atoms with Gasteiger partial charge < -0.3 is 8.85 Å². The van der Waals surface area contributed by atoms with Crippen molar-refractivity contribution in [3.63, 3.8) is 0 Å². The molecule has 0 spiro atoms. The predicted octanol–water partition coefficient (Wildman–Crippen LogP) is 3.48. The fraction of sp³-hybridized carbons (Fsp3) is 0.833. The normalized spacial score (nSPS) is 21.2. The molecule has 0 amide bonds. The van der Waals surface area contributed by atoms with Crippen LogP contribution in [-0.4, -0.2) is 35.1 Å². The van der Waals surface area contributed by atoms with E-state index in [-0.39, 0.29) is 0 Å². The largest absolute Gasteiger partial charge is 0.534 e. The lowest BCUT2D eigenvalue weighted by molar-refractivity contribution is 0.456. The Morgan fingerprint density at radius 3 is 2.06 bits per heavy atom. The molecule has 0 aromatic heterocycles. The molecule has 18 heavy (non-hydrogen) atoms. The smallest absolute Gasteiger partial charge is 0.300 e. The summed E-state index contributed by atoms with van der Waals surface area (Å²) >= 11 is 0. The molecule has 1 aliphatic heterocycles. The minimum Gasteiger partial charge on any atom is -0.534 e. The summed E-state index contributed by atoms with van der Waals surface area (Å²) in [4.78, 5) is 8.92. The van der Waals surface area contributed by atoms with Crippen LogP contribution in [0.5, 0.6) is 0 Å². The number of rotatable bonds is 3. The van der Waals surface area contributed by atoms with Gasteiger partial charge in [-0.3, -0.25) is 0 Å². The number of hydrogen-bond donors (Lipinski definition) is 0. The summed E-state index contributed by atoms with van der Waals surface area (Å²) in [5.74, 6) is 1.14. The van der Waals surface area contributed by atoms with E-state index < -0.39 is 16.6 Å². The van der Waals surface area contributed by atoms with Crippen LogP contribution in [0.1, 0.15) is 13.3 Å². The molecule has 0 saturated carbocycles. The first-order chi connectivity index (χ1) is 8.11. The quantitative estimate of drug-likeness (QED) is 0.745. The first-order valence-electron chi connectivity index (χ1n) is 6.62. The first kappa shape index (κ1) is 15.4. The molecule has 0 radical (unpaired) electrons. The van der Waals surface area contributed by atoms with E-state index in [9.17, 15) is 0 Å². The van der Waals surface area contributed by atoms with Crippen LogP contribution in [0.2, 0.25) is 39.3 Å². The lowest BCUT2D eigenvalue weighted by Crippen LogP contribution is -2.38. The predicted molar refractivity (Wildman–Crippen MR) is 82.4 cm³/mol. The van der Waals surface area contributed by atoms with Crippen LogP contribution in [0.3, 0.4) is 0 Å². The van der Waals surface area contributed by atoms with Gasteiger partial charge in [-0.05, 0) is 45.7 Å². The Morgan fingerprint density at radius 1 is 1.06 bits per heavy atom. The SMILES string of the molecule is CCC1CN=C(O[Si](C)(C)C)N=C1O[Si](C)(C)C. The molecular weight excluding hydrogens is 260 g/mol. The van der Waals surface area contributed by atoms with Gasteiger partial charge in [0, 0.05) is 0 Å². The Morgan fingerprint density at radius 2 is 1.61 bits per heavy atom. The second kappa shape index (κ2) is 5.56. The van der Waals surface area contributed by atoms with E-state index in [0.29, 0.717) is 11.9 Å². The Kier molecular flexibility index (Phi) is 4.77. The highest BCUT2D eigenvalue weighted by molar-refractivity contribution is 6.72. The van der Waals surface area contributed by atoms with Crippen molar-refractivity contribution >= 4 is 28.6 Å². The molecule has 0 fully saturated rings. The Balaban J connectivity index is 2.84. The Bertz CT molecular complexity index is 354. The molecule has 0 N–H and O–H groups in total. The third-order valence-corrected chi connectivity index (χ3v) is 3.92. The molecule has 104 valence electrons. The highest BCUT2D eigenvalue weighted by Crippen LogP contribution is 2.18. The van der Waals surface area contributed by atoms with Crippen LogP contribution in [0.25, 0.3) is 0 Å². The van der Waals surface area contributed by atoms with E-state index in [0.717, 1.165) is 18.9 Å². The Hall–Kier alpha value is -0.626. The summed E-state index contributed by atoms with van der Waals surface area (Å²) in [5, 5.41) is 0. The van der Waals surface area contributed by atoms with Gasteiger partial charge in [0.25, 0.3) is 0 Å². The number of nitrogens with zero attached hydrogens (tertiary/aromatic N) is 2. The second-order valence-electron chi connectivity index (χ2n) is 6.61. The fourth-order valence-corrected chi connectivity index (χ4v) is 3.04. The average molecular weight is 287 g/mol. The molecule has 1 heterocycles. The van der Waals surface area contributed by atoms with Gasteiger partial charge in [0.2, 0.25) is 16.6 Å². The third kappa shape index (κ3) is 5.35. The molecule has 0 saturated heterocycles. The van der Waals surface area contributed by atoms with Gasteiger partial charge in [0.15, 0.2) is 5.90 Å². The maximum Gasteiger partial charge on any atom is 0.300 e. The molecule has 1 aliphatic rings. The van der Waals surface area contributed by atoms with Crippen LogP contribution in [0, 0.1) is 5.92 Å². The number of amidine groups is 1. The molecule has 4 nitrogen and oxygen atoms in total. The van der Waals surface area contributed by atoms with Crippen molar-refractivity contribution in [2.75, 3.05) is 6.54 Å². The summed E-state index contributed by atoms with van der Waals surface area (Å²) in [6.07, 6.45) is 1.01. The molecule has 0 aromatic carbocycles. The highest BCUT2D eigenvalue weighted by Gasteiger charge is 2.28. The van der Waals surface area contributed by atoms with Crippen molar-refractivity contribution < 1.29 is 8.85 Å². The van der Waals surface area contributed by atoms with Crippen LogP contribution >= 0.6 is 0 Å². The maximum atomic E-state index is 6.07. The van der Waals surface area contributed by atoms with Gasteiger partial charge in [0.05, 0.1) is 12.5 Å². The topological polar surface area (TPSA) is 43.2 Å². The molecular formula is C12H26N2O2Si2.